The third-order valence-electron chi connectivity index (χ3n) is 5.30. The molecule has 2 amide bonds. The number of nitrogens with one attached hydrogen (secondary N) is 2. The van der Waals surface area contributed by atoms with Crippen LogP contribution < -0.4 is 10.6 Å². The number of rotatable bonds is 8. The lowest BCUT2D eigenvalue weighted by Gasteiger charge is -2.19. The van der Waals surface area contributed by atoms with Gasteiger partial charge in [-0.15, -0.1) is 0 Å². The van der Waals surface area contributed by atoms with Crippen LogP contribution in [0.5, 0.6) is 0 Å². The Kier molecular flexibility index (Phi) is 7.20. The zero-order chi connectivity index (χ0) is 21.5. The molecule has 0 saturated heterocycles. The third kappa shape index (κ3) is 5.05. The normalized spacial score (nSPS) is 11.8. The standard InChI is InChI=1S/C25H29N3O2/c1-4-28(5-2)25(30)20-12-8-13-21(16-20)27-24(29)17-26-18(3)22-15-9-11-19-10-6-7-14-23(19)22/h6-16,18,26H,4-5,17H2,1-3H3,(H,27,29)/t18-/m0/s1. The first-order chi connectivity index (χ1) is 14.5. The number of carbonyl (C=O) groups excluding carboxylic acids is 2. The molecule has 0 unspecified atom stereocenters. The summed E-state index contributed by atoms with van der Waals surface area (Å²) in [7, 11) is 0. The van der Waals surface area contributed by atoms with Crippen molar-refractivity contribution >= 4 is 28.3 Å². The monoisotopic (exact) mass is 403 g/mol. The van der Waals surface area contributed by atoms with Gasteiger partial charge >= 0.3 is 0 Å². The van der Waals surface area contributed by atoms with Crippen LogP contribution in [0.15, 0.2) is 66.7 Å². The molecule has 3 aromatic rings. The van der Waals surface area contributed by atoms with Crippen molar-refractivity contribution in [2.45, 2.75) is 26.8 Å². The predicted octanol–water partition coefficient (Wildman–Crippen LogP) is 4.61. The van der Waals surface area contributed by atoms with Gasteiger partial charge in [0.1, 0.15) is 0 Å². The van der Waals surface area contributed by atoms with Gasteiger partial charge in [0.05, 0.1) is 6.54 Å². The summed E-state index contributed by atoms with van der Waals surface area (Å²) in [6.07, 6.45) is 0. The van der Waals surface area contributed by atoms with Gasteiger partial charge in [-0.25, -0.2) is 0 Å². The maximum Gasteiger partial charge on any atom is 0.253 e. The summed E-state index contributed by atoms with van der Waals surface area (Å²) in [4.78, 5) is 26.8. The Labute approximate surface area is 178 Å². The lowest BCUT2D eigenvalue weighted by atomic mass is 10.00. The Morgan fingerprint density at radius 3 is 2.40 bits per heavy atom. The zero-order valence-corrected chi connectivity index (χ0v) is 17.8. The third-order valence-corrected chi connectivity index (χ3v) is 5.30. The van der Waals surface area contributed by atoms with Crippen LogP contribution in [0.25, 0.3) is 10.8 Å². The molecule has 0 aliphatic heterocycles. The van der Waals surface area contributed by atoms with Gasteiger partial charge in [-0.3, -0.25) is 9.59 Å². The highest BCUT2D eigenvalue weighted by molar-refractivity contribution is 5.97. The summed E-state index contributed by atoms with van der Waals surface area (Å²) in [5.41, 5.74) is 2.36. The minimum atomic E-state index is -0.144. The molecule has 156 valence electrons. The van der Waals surface area contributed by atoms with Gasteiger partial charge in [0.15, 0.2) is 0 Å². The highest BCUT2D eigenvalue weighted by atomic mass is 16.2. The molecule has 5 heteroatoms. The van der Waals surface area contributed by atoms with Crippen LogP contribution in [0.1, 0.15) is 42.7 Å². The Balaban J connectivity index is 1.62. The van der Waals surface area contributed by atoms with Crippen molar-refractivity contribution in [1.82, 2.24) is 10.2 Å². The summed E-state index contributed by atoms with van der Waals surface area (Å²) in [5, 5.41) is 8.55. The maximum absolute atomic E-state index is 12.5. The fraction of sp³-hybridized carbons (Fsp3) is 0.280. The van der Waals surface area contributed by atoms with E-state index in [-0.39, 0.29) is 24.4 Å². The molecule has 0 radical (unpaired) electrons. The van der Waals surface area contributed by atoms with Gasteiger partial charge in [-0.05, 0) is 55.3 Å². The average Bonchev–Trinajstić information content (AvgIpc) is 2.78. The summed E-state index contributed by atoms with van der Waals surface area (Å²) in [6, 6.07) is 21.6. The largest absolute Gasteiger partial charge is 0.339 e. The molecule has 2 N–H and O–H groups in total. The Hall–Kier alpha value is -3.18. The highest BCUT2D eigenvalue weighted by Gasteiger charge is 2.14. The van der Waals surface area contributed by atoms with Crippen molar-refractivity contribution in [3.8, 4) is 0 Å². The molecule has 5 nitrogen and oxygen atoms in total. The molecule has 3 rings (SSSR count). The van der Waals surface area contributed by atoms with E-state index in [0.29, 0.717) is 24.3 Å². The maximum atomic E-state index is 12.5. The first-order valence-electron chi connectivity index (χ1n) is 10.4. The topological polar surface area (TPSA) is 61.4 Å². The summed E-state index contributed by atoms with van der Waals surface area (Å²) < 4.78 is 0. The number of benzene rings is 3. The lowest BCUT2D eigenvalue weighted by Crippen LogP contribution is -2.31. The number of anilines is 1. The molecular formula is C25H29N3O2. The summed E-state index contributed by atoms with van der Waals surface area (Å²) >= 11 is 0. The minimum Gasteiger partial charge on any atom is -0.339 e. The van der Waals surface area contributed by atoms with Crippen LogP contribution in [0.3, 0.4) is 0 Å². The fourth-order valence-corrected chi connectivity index (χ4v) is 3.61. The van der Waals surface area contributed by atoms with E-state index in [4.69, 9.17) is 0 Å². The van der Waals surface area contributed by atoms with E-state index >= 15 is 0 Å². The number of fused-ring (bicyclic) bond motifs is 1. The number of carbonyl (C=O) groups is 2. The number of nitrogens with zero attached hydrogens (tertiary/aromatic N) is 1. The van der Waals surface area contributed by atoms with Gasteiger partial charge < -0.3 is 15.5 Å². The van der Waals surface area contributed by atoms with Gasteiger partial charge in [0.25, 0.3) is 5.91 Å². The van der Waals surface area contributed by atoms with Gasteiger partial charge in [0, 0.05) is 30.4 Å². The molecule has 30 heavy (non-hydrogen) atoms. The van der Waals surface area contributed by atoms with E-state index in [1.54, 1.807) is 29.2 Å². The molecule has 0 saturated carbocycles. The van der Waals surface area contributed by atoms with Crippen LogP contribution in [-0.4, -0.2) is 36.3 Å². The average molecular weight is 404 g/mol. The Bertz CT molecular complexity index is 1020. The van der Waals surface area contributed by atoms with E-state index < -0.39 is 0 Å². The number of hydrogen-bond acceptors (Lipinski definition) is 3. The summed E-state index contributed by atoms with van der Waals surface area (Å²) in [6.45, 7) is 7.45. The van der Waals surface area contributed by atoms with Gasteiger partial charge in [-0.2, -0.15) is 0 Å². The van der Waals surface area contributed by atoms with E-state index in [2.05, 4.69) is 41.8 Å². The molecule has 3 aromatic carbocycles. The smallest absolute Gasteiger partial charge is 0.253 e. The zero-order valence-electron chi connectivity index (χ0n) is 17.8. The van der Waals surface area contributed by atoms with E-state index in [1.165, 1.54) is 10.8 Å². The Morgan fingerprint density at radius 2 is 1.63 bits per heavy atom. The highest BCUT2D eigenvalue weighted by Crippen LogP contribution is 2.24. The molecule has 0 aliphatic rings. The first kappa shape index (κ1) is 21.5. The van der Waals surface area contributed by atoms with Crippen LogP contribution in [0.2, 0.25) is 0 Å². The SMILES string of the molecule is CCN(CC)C(=O)c1cccc(NC(=O)CN[C@@H](C)c2cccc3ccccc23)c1. The van der Waals surface area contributed by atoms with Crippen molar-refractivity contribution in [1.29, 1.82) is 0 Å². The molecule has 0 aromatic heterocycles. The van der Waals surface area contributed by atoms with Crippen molar-refractivity contribution in [2.75, 3.05) is 25.0 Å². The lowest BCUT2D eigenvalue weighted by molar-refractivity contribution is -0.115. The quantitative estimate of drug-likeness (QED) is 0.577. The molecular weight excluding hydrogens is 374 g/mol. The first-order valence-corrected chi connectivity index (χ1v) is 10.4. The van der Waals surface area contributed by atoms with E-state index in [0.717, 1.165) is 5.56 Å². The van der Waals surface area contributed by atoms with Crippen LogP contribution in [0, 0.1) is 0 Å². The second-order valence-corrected chi connectivity index (χ2v) is 7.28. The van der Waals surface area contributed by atoms with Gasteiger partial charge in [0.2, 0.25) is 5.91 Å². The fourth-order valence-electron chi connectivity index (χ4n) is 3.61. The van der Waals surface area contributed by atoms with Gasteiger partial charge in [-0.1, -0.05) is 48.5 Å². The molecule has 0 heterocycles. The Morgan fingerprint density at radius 1 is 0.933 bits per heavy atom. The van der Waals surface area contributed by atoms with Crippen molar-refractivity contribution in [3.05, 3.63) is 77.9 Å². The number of amides is 2. The van der Waals surface area contributed by atoms with Crippen LogP contribution in [-0.2, 0) is 4.79 Å². The molecule has 0 aliphatic carbocycles. The van der Waals surface area contributed by atoms with Crippen molar-refractivity contribution in [3.63, 3.8) is 0 Å². The second-order valence-electron chi connectivity index (χ2n) is 7.28. The second kappa shape index (κ2) is 10.0. The van der Waals surface area contributed by atoms with Crippen LogP contribution in [0.4, 0.5) is 5.69 Å². The van der Waals surface area contributed by atoms with Crippen molar-refractivity contribution < 1.29 is 9.59 Å². The minimum absolute atomic E-state index is 0.0254. The van der Waals surface area contributed by atoms with E-state index in [9.17, 15) is 9.59 Å². The van der Waals surface area contributed by atoms with Crippen LogP contribution >= 0.6 is 0 Å². The molecule has 1 atom stereocenters. The molecule has 0 spiro atoms. The van der Waals surface area contributed by atoms with E-state index in [1.807, 2.05) is 32.0 Å². The molecule has 0 fully saturated rings. The van der Waals surface area contributed by atoms with Crippen molar-refractivity contribution in [2.24, 2.45) is 0 Å². The summed E-state index contributed by atoms with van der Waals surface area (Å²) in [5.74, 6) is -0.173. The predicted molar refractivity (Wildman–Crippen MR) is 123 cm³/mol. The number of hydrogen-bond donors (Lipinski definition) is 2. The molecule has 0 bridgehead atoms.